The summed E-state index contributed by atoms with van der Waals surface area (Å²) in [5.41, 5.74) is 6.70. The zero-order valence-corrected chi connectivity index (χ0v) is 20.8. The van der Waals surface area contributed by atoms with Gasteiger partial charge in [0.2, 0.25) is 0 Å². The molecule has 180 valence electrons. The van der Waals surface area contributed by atoms with Gasteiger partial charge in [-0.3, -0.25) is 9.69 Å². The molecule has 5 heteroatoms. The Hall–Kier alpha value is -3.15. The maximum absolute atomic E-state index is 12.7. The molecule has 1 unspecified atom stereocenters. The van der Waals surface area contributed by atoms with E-state index in [0.717, 1.165) is 49.4 Å². The van der Waals surface area contributed by atoms with Crippen LogP contribution in [-0.2, 0) is 6.54 Å². The first-order chi connectivity index (χ1) is 16.4. The number of carbonyl (C=O) groups is 1. The van der Waals surface area contributed by atoms with Crippen LogP contribution in [0.2, 0.25) is 0 Å². The zero-order valence-electron chi connectivity index (χ0n) is 20.8. The number of hydrogen-bond acceptors (Lipinski definition) is 4. The molecule has 0 bridgehead atoms. The van der Waals surface area contributed by atoms with Crippen molar-refractivity contribution in [3.63, 3.8) is 0 Å². The van der Waals surface area contributed by atoms with Crippen LogP contribution in [0.5, 0.6) is 0 Å². The Morgan fingerprint density at radius 2 is 1.56 bits per heavy atom. The van der Waals surface area contributed by atoms with Crippen molar-refractivity contribution in [2.45, 2.75) is 53.3 Å². The van der Waals surface area contributed by atoms with Gasteiger partial charge in [0.15, 0.2) is 6.23 Å². The van der Waals surface area contributed by atoms with Gasteiger partial charge < -0.3 is 15.7 Å². The van der Waals surface area contributed by atoms with Crippen LogP contribution in [0.15, 0.2) is 66.7 Å². The molecule has 3 aromatic rings. The summed E-state index contributed by atoms with van der Waals surface area (Å²) in [5, 5.41) is 16.7. The van der Waals surface area contributed by atoms with Crippen molar-refractivity contribution in [3.8, 4) is 0 Å². The Morgan fingerprint density at radius 1 is 0.882 bits per heavy atom. The smallest absolute Gasteiger partial charge is 0.253 e. The minimum absolute atomic E-state index is 0.311. The zero-order chi connectivity index (χ0) is 24.5. The predicted molar refractivity (Wildman–Crippen MR) is 140 cm³/mol. The third kappa shape index (κ3) is 7.17. The van der Waals surface area contributed by atoms with E-state index < -0.39 is 6.23 Å². The molecular weight excluding hydrogens is 422 g/mol. The fraction of sp³-hybridized carbons (Fsp3) is 0.345. The second-order valence-corrected chi connectivity index (χ2v) is 8.90. The quantitative estimate of drug-likeness (QED) is 0.304. The first kappa shape index (κ1) is 25.5. The number of nitrogens with one attached hydrogen (secondary N) is 2. The van der Waals surface area contributed by atoms with Crippen LogP contribution >= 0.6 is 0 Å². The van der Waals surface area contributed by atoms with Crippen LogP contribution in [0, 0.1) is 13.8 Å². The molecule has 0 saturated heterocycles. The van der Waals surface area contributed by atoms with Crippen molar-refractivity contribution in [1.82, 2.24) is 10.2 Å². The average molecular weight is 460 g/mol. The maximum atomic E-state index is 12.7. The van der Waals surface area contributed by atoms with E-state index >= 15 is 0 Å². The lowest BCUT2D eigenvalue weighted by molar-refractivity contribution is 0.0783. The Kier molecular flexibility index (Phi) is 9.25. The minimum atomic E-state index is -1.06. The fourth-order valence-electron chi connectivity index (χ4n) is 4.00. The monoisotopic (exact) mass is 459 g/mol. The van der Waals surface area contributed by atoms with Crippen LogP contribution in [0.25, 0.3) is 0 Å². The van der Waals surface area contributed by atoms with Crippen molar-refractivity contribution >= 4 is 17.3 Å². The highest BCUT2D eigenvalue weighted by atomic mass is 16.3. The Morgan fingerprint density at radius 3 is 2.21 bits per heavy atom. The van der Waals surface area contributed by atoms with Crippen molar-refractivity contribution < 1.29 is 9.90 Å². The number of nitrogens with zero attached hydrogens (tertiary/aromatic N) is 1. The highest BCUT2D eigenvalue weighted by molar-refractivity contribution is 5.94. The van der Waals surface area contributed by atoms with Crippen LogP contribution in [0.4, 0.5) is 11.4 Å². The topological polar surface area (TPSA) is 64.6 Å². The van der Waals surface area contributed by atoms with Gasteiger partial charge in [-0.25, -0.2) is 0 Å². The van der Waals surface area contributed by atoms with Crippen LogP contribution in [-0.4, -0.2) is 29.0 Å². The molecule has 0 fully saturated rings. The molecule has 0 aliphatic heterocycles. The number of hydrogen-bond donors (Lipinski definition) is 3. The second kappa shape index (κ2) is 12.4. The summed E-state index contributed by atoms with van der Waals surface area (Å²) in [6.45, 7) is 11.5. The highest BCUT2D eigenvalue weighted by Crippen LogP contribution is 2.21. The Labute approximate surface area is 203 Å². The Balaban J connectivity index is 1.61. The molecular formula is C29H37N3O2. The van der Waals surface area contributed by atoms with Crippen LogP contribution in [0.1, 0.15) is 65.5 Å². The summed E-state index contributed by atoms with van der Waals surface area (Å²) < 4.78 is 0. The molecule has 1 amide bonds. The summed E-state index contributed by atoms with van der Waals surface area (Å²) in [6, 6.07) is 21.3. The standard InChI is InChI=1S/C29H37N3O2/c1-5-16-32(17-6-2)20-23-8-7-9-25(19-23)29(34)31-28(33)24-11-14-26(15-12-24)30-27-13-10-21(3)22(4)18-27/h7-15,18-19,29-30,34H,5-6,16-17,20H2,1-4H3,(H,31,33). The van der Waals surface area contributed by atoms with Crippen LogP contribution in [0.3, 0.4) is 0 Å². The van der Waals surface area contributed by atoms with Crippen LogP contribution < -0.4 is 10.6 Å². The van der Waals surface area contributed by atoms with Gasteiger partial charge in [-0.05, 0) is 92.9 Å². The van der Waals surface area contributed by atoms with Crippen molar-refractivity contribution in [3.05, 3.63) is 94.5 Å². The summed E-state index contributed by atoms with van der Waals surface area (Å²) in [5.74, 6) is -0.311. The molecule has 0 radical (unpaired) electrons. The second-order valence-electron chi connectivity index (χ2n) is 8.90. The molecule has 3 aromatic carbocycles. The Bertz CT molecular complexity index is 1070. The van der Waals surface area contributed by atoms with E-state index in [9.17, 15) is 9.90 Å². The molecule has 0 aliphatic carbocycles. The highest BCUT2D eigenvalue weighted by Gasteiger charge is 2.14. The normalized spacial score (nSPS) is 11.9. The number of benzene rings is 3. The number of amides is 1. The lowest BCUT2D eigenvalue weighted by Crippen LogP contribution is -2.28. The van der Waals surface area contributed by atoms with Gasteiger partial charge in [0.05, 0.1) is 0 Å². The van der Waals surface area contributed by atoms with E-state index in [1.807, 2.05) is 36.4 Å². The minimum Gasteiger partial charge on any atom is -0.369 e. The van der Waals surface area contributed by atoms with Gasteiger partial charge in [0.25, 0.3) is 5.91 Å². The third-order valence-electron chi connectivity index (χ3n) is 5.96. The SMILES string of the molecule is CCCN(CCC)Cc1cccc(C(O)NC(=O)c2ccc(Nc3ccc(C)c(C)c3)cc2)c1. The number of rotatable bonds is 11. The number of carbonyl (C=O) groups excluding carboxylic acids is 1. The predicted octanol–water partition coefficient (Wildman–Crippen LogP) is 6.09. The van der Waals surface area contributed by atoms with Gasteiger partial charge >= 0.3 is 0 Å². The number of anilines is 2. The van der Waals surface area contributed by atoms with Gasteiger partial charge in [-0.2, -0.15) is 0 Å². The maximum Gasteiger partial charge on any atom is 0.253 e. The van der Waals surface area contributed by atoms with E-state index in [2.05, 4.69) is 61.4 Å². The molecule has 0 aliphatic rings. The largest absolute Gasteiger partial charge is 0.369 e. The van der Waals surface area contributed by atoms with Gasteiger partial charge in [0.1, 0.15) is 0 Å². The van der Waals surface area contributed by atoms with E-state index in [1.54, 1.807) is 12.1 Å². The van der Waals surface area contributed by atoms with Crippen molar-refractivity contribution in [1.29, 1.82) is 0 Å². The number of aryl methyl sites for hydroxylation is 2. The first-order valence-corrected chi connectivity index (χ1v) is 12.1. The van der Waals surface area contributed by atoms with Gasteiger partial charge in [0, 0.05) is 29.0 Å². The van der Waals surface area contributed by atoms with E-state index in [-0.39, 0.29) is 5.91 Å². The van der Waals surface area contributed by atoms with E-state index in [0.29, 0.717) is 11.1 Å². The summed E-state index contributed by atoms with van der Waals surface area (Å²) >= 11 is 0. The lowest BCUT2D eigenvalue weighted by Gasteiger charge is -2.22. The number of aliphatic hydroxyl groups excluding tert-OH is 1. The molecule has 5 nitrogen and oxygen atoms in total. The van der Waals surface area contributed by atoms with E-state index in [4.69, 9.17) is 0 Å². The molecule has 34 heavy (non-hydrogen) atoms. The number of aliphatic hydroxyl groups is 1. The summed E-state index contributed by atoms with van der Waals surface area (Å²) in [6.07, 6.45) is 1.15. The van der Waals surface area contributed by atoms with E-state index in [1.165, 1.54) is 11.1 Å². The molecule has 0 aromatic heterocycles. The fourth-order valence-corrected chi connectivity index (χ4v) is 4.00. The molecule has 0 heterocycles. The third-order valence-corrected chi connectivity index (χ3v) is 5.96. The first-order valence-electron chi connectivity index (χ1n) is 12.1. The average Bonchev–Trinajstić information content (AvgIpc) is 2.82. The molecule has 3 rings (SSSR count). The van der Waals surface area contributed by atoms with Gasteiger partial charge in [-0.1, -0.05) is 44.2 Å². The van der Waals surface area contributed by atoms with Crippen molar-refractivity contribution in [2.75, 3.05) is 18.4 Å². The summed E-state index contributed by atoms with van der Waals surface area (Å²) in [4.78, 5) is 15.1. The summed E-state index contributed by atoms with van der Waals surface area (Å²) in [7, 11) is 0. The molecule has 0 spiro atoms. The van der Waals surface area contributed by atoms with Gasteiger partial charge in [-0.15, -0.1) is 0 Å². The molecule has 0 saturated carbocycles. The van der Waals surface area contributed by atoms with Crippen molar-refractivity contribution in [2.24, 2.45) is 0 Å². The molecule has 1 atom stereocenters. The lowest BCUT2D eigenvalue weighted by atomic mass is 10.1. The molecule has 3 N–H and O–H groups in total.